The van der Waals surface area contributed by atoms with E-state index >= 15 is 0 Å². The summed E-state index contributed by atoms with van der Waals surface area (Å²) in [7, 11) is 0. The maximum Gasteiger partial charge on any atom is 0.151 e. The van der Waals surface area contributed by atoms with Crippen molar-refractivity contribution in [1.29, 1.82) is 0 Å². The molecule has 1 atom stereocenters. The van der Waals surface area contributed by atoms with Gasteiger partial charge in [-0.15, -0.1) is 5.10 Å². The monoisotopic (exact) mass is 260 g/mol. The lowest BCUT2D eigenvalue weighted by atomic mass is 9.96. The summed E-state index contributed by atoms with van der Waals surface area (Å²) in [5, 5.41) is 12.2. The fourth-order valence-electron chi connectivity index (χ4n) is 2.76. The predicted molar refractivity (Wildman–Crippen MR) is 77.1 cm³/mol. The smallest absolute Gasteiger partial charge is 0.151 e. The second-order valence-corrected chi connectivity index (χ2v) is 5.90. The summed E-state index contributed by atoms with van der Waals surface area (Å²) in [6, 6.07) is 4.98. The molecule has 1 aliphatic carbocycles. The zero-order valence-electron chi connectivity index (χ0n) is 11.8. The predicted octanol–water partition coefficient (Wildman–Crippen LogP) is 2.36. The average molecular weight is 260 g/mol. The highest BCUT2D eigenvalue weighted by Gasteiger charge is 2.21. The van der Waals surface area contributed by atoms with E-state index in [4.69, 9.17) is 0 Å². The highest BCUT2D eigenvalue weighted by atomic mass is 15.3. The molecule has 1 aliphatic heterocycles. The minimum Gasteiger partial charge on any atom is -0.355 e. The molecule has 2 heterocycles. The van der Waals surface area contributed by atoms with E-state index in [0.29, 0.717) is 0 Å². The van der Waals surface area contributed by atoms with Crippen molar-refractivity contribution in [3.8, 4) is 0 Å². The van der Waals surface area contributed by atoms with Gasteiger partial charge in [-0.2, -0.15) is 5.10 Å². The number of nitrogens with one attached hydrogen (secondary N) is 1. The molecular formula is C15H24N4. The molecule has 0 spiro atoms. The summed E-state index contributed by atoms with van der Waals surface area (Å²) in [4.78, 5) is 2.39. The minimum atomic E-state index is 0.730. The Balaban J connectivity index is 1.57. The van der Waals surface area contributed by atoms with Gasteiger partial charge in [-0.25, -0.2) is 0 Å². The van der Waals surface area contributed by atoms with Crippen LogP contribution in [0.25, 0.3) is 0 Å². The second kappa shape index (κ2) is 5.87. The van der Waals surface area contributed by atoms with Crippen molar-refractivity contribution in [2.75, 3.05) is 18.0 Å². The van der Waals surface area contributed by atoms with Crippen molar-refractivity contribution in [1.82, 2.24) is 15.5 Å². The first kappa shape index (κ1) is 12.9. The number of hydrogen-bond donors (Lipinski definition) is 1. The van der Waals surface area contributed by atoms with Gasteiger partial charge in [-0.1, -0.05) is 13.3 Å². The molecule has 0 amide bonds. The summed E-state index contributed by atoms with van der Waals surface area (Å²) in [5.74, 6) is 1.88. The highest BCUT2D eigenvalue weighted by Crippen LogP contribution is 2.23. The number of anilines is 1. The second-order valence-electron chi connectivity index (χ2n) is 5.90. The Morgan fingerprint density at radius 2 is 2.16 bits per heavy atom. The van der Waals surface area contributed by atoms with Crippen molar-refractivity contribution in [2.45, 2.75) is 51.6 Å². The molecule has 4 heteroatoms. The summed E-state index contributed by atoms with van der Waals surface area (Å²) in [6.07, 6.45) is 6.55. The molecule has 1 aromatic rings. The quantitative estimate of drug-likeness (QED) is 0.882. The molecule has 1 saturated carbocycles. The molecule has 1 aromatic heterocycles. The van der Waals surface area contributed by atoms with E-state index in [1.807, 2.05) is 0 Å². The van der Waals surface area contributed by atoms with E-state index in [-0.39, 0.29) is 0 Å². The van der Waals surface area contributed by atoms with E-state index in [9.17, 15) is 0 Å². The topological polar surface area (TPSA) is 41.0 Å². The first-order valence-corrected chi connectivity index (χ1v) is 7.66. The Hall–Kier alpha value is -1.16. The van der Waals surface area contributed by atoms with Crippen LogP contribution in [0.4, 0.5) is 5.82 Å². The van der Waals surface area contributed by atoms with Gasteiger partial charge in [0.2, 0.25) is 0 Å². The van der Waals surface area contributed by atoms with Crippen LogP contribution in [0.3, 0.4) is 0 Å². The largest absolute Gasteiger partial charge is 0.355 e. The number of piperidine rings is 1. The zero-order valence-corrected chi connectivity index (χ0v) is 11.8. The Bertz CT molecular complexity index is 399. The van der Waals surface area contributed by atoms with Crippen LogP contribution in [-0.2, 0) is 6.54 Å². The summed E-state index contributed by atoms with van der Waals surface area (Å²) in [6.45, 7) is 5.41. The van der Waals surface area contributed by atoms with Crippen LogP contribution in [0.5, 0.6) is 0 Å². The first-order chi connectivity index (χ1) is 9.35. The molecule has 1 saturated heterocycles. The minimum absolute atomic E-state index is 0.730. The molecule has 104 valence electrons. The van der Waals surface area contributed by atoms with Crippen molar-refractivity contribution >= 4 is 5.82 Å². The van der Waals surface area contributed by atoms with Crippen LogP contribution < -0.4 is 10.2 Å². The fraction of sp³-hybridized carbons (Fsp3) is 0.733. The van der Waals surface area contributed by atoms with Crippen LogP contribution in [0, 0.1) is 5.92 Å². The first-order valence-electron chi connectivity index (χ1n) is 7.66. The SMILES string of the molecule is CCC1CCCN(c2ccc(CNC3CC3)nn2)C1. The summed E-state index contributed by atoms with van der Waals surface area (Å²) in [5.41, 5.74) is 1.06. The Morgan fingerprint density at radius 1 is 1.26 bits per heavy atom. The number of aromatic nitrogens is 2. The van der Waals surface area contributed by atoms with Gasteiger partial charge in [0.05, 0.1) is 5.69 Å². The van der Waals surface area contributed by atoms with Gasteiger partial charge < -0.3 is 10.2 Å². The molecule has 3 rings (SSSR count). The van der Waals surface area contributed by atoms with E-state index < -0.39 is 0 Å². The molecule has 0 aromatic carbocycles. The Morgan fingerprint density at radius 3 is 2.84 bits per heavy atom. The van der Waals surface area contributed by atoms with Crippen molar-refractivity contribution < 1.29 is 0 Å². The van der Waals surface area contributed by atoms with Gasteiger partial charge in [-0.05, 0) is 43.7 Å². The van der Waals surface area contributed by atoms with Crippen molar-refractivity contribution in [3.05, 3.63) is 17.8 Å². The fourth-order valence-corrected chi connectivity index (χ4v) is 2.76. The van der Waals surface area contributed by atoms with Gasteiger partial charge in [0.25, 0.3) is 0 Å². The molecular weight excluding hydrogens is 236 g/mol. The van der Waals surface area contributed by atoms with Gasteiger partial charge in [0, 0.05) is 25.7 Å². The molecule has 1 unspecified atom stereocenters. The third-order valence-corrected chi connectivity index (χ3v) is 4.28. The molecule has 0 bridgehead atoms. The lowest BCUT2D eigenvalue weighted by Crippen LogP contribution is -2.35. The summed E-state index contributed by atoms with van der Waals surface area (Å²) >= 11 is 0. The van der Waals surface area contributed by atoms with Crippen LogP contribution >= 0.6 is 0 Å². The Kier molecular flexibility index (Phi) is 3.97. The van der Waals surface area contributed by atoms with Crippen LogP contribution in [0.1, 0.15) is 44.7 Å². The van der Waals surface area contributed by atoms with Gasteiger partial charge in [0.15, 0.2) is 5.82 Å². The zero-order chi connectivity index (χ0) is 13.1. The summed E-state index contributed by atoms with van der Waals surface area (Å²) < 4.78 is 0. The average Bonchev–Trinajstić information content (AvgIpc) is 3.30. The third-order valence-electron chi connectivity index (χ3n) is 4.28. The van der Waals surface area contributed by atoms with Gasteiger partial charge in [0.1, 0.15) is 0 Å². The standard InChI is InChI=1S/C15H24N4/c1-2-12-4-3-9-19(11-12)15-8-7-14(17-18-15)10-16-13-5-6-13/h7-8,12-13,16H,2-6,9-11H2,1H3. The van der Waals surface area contributed by atoms with Gasteiger partial charge >= 0.3 is 0 Å². The number of rotatable bonds is 5. The molecule has 4 nitrogen and oxygen atoms in total. The van der Waals surface area contributed by atoms with E-state index in [1.165, 1.54) is 32.1 Å². The van der Waals surface area contributed by atoms with E-state index in [1.54, 1.807) is 0 Å². The maximum atomic E-state index is 4.41. The van der Waals surface area contributed by atoms with Crippen molar-refractivity contribution in [3.63, 3.8) is 0 Å². The number of nitrogens with zero attached hydrogens (tertiary/aromatic N) is 3. The third kappa shape index (κ3) is 3.44. The molecule has 2 aliphatic rings. The van der Waals surface area contributed by atoms with Crippen LogP contribution in [0.15, 0.2) is 12.1 Å². The molecule has 2 fully saturated rings. The lowest BCUT2D eigenvalue weighted by molar-refractivity contribution is 0.402. The van der Waals surface area contributed by atoms with Crippen molar-refractivity contribution in [2.24, 2.45) is 5.92 Å². The van der Waals surface area contributed by atoms with Crippen LogP contribution in [-0.4, -0.2) is 29.3 Å². The van der Waals surface area contributed by atoms with Gasteiger partial charge in [-0.3, -0.25) is 0 Å². The molecule has 1 N–H and O–H groups in total. The Labute approximate surface area is 115 Å². The molecule has 0 radical (unpaired) electrons. The lowest BCUT2D eigenvalue weighted by Gasteiger charge is -2.32. The van der Waals surface area contributed by atoms with Crippen LogP contribution in [0.2, 0.25) is 0 Å². The maximum absolute atomic E-state index is 4.41. The van der Waals surface area contributed by atoms with E-state index in [0.717, 1.165) is 43.1 Å². The van der Waals surface area contributed by atoms with E-state index in [2.05, 4.69) is 39.5 Å². The normalized spacial score (nSPS) is 23.6. The molecule has 19 heavy (non-hydrogen) atoms. The number of hydrogen-bond acceptors (Lipinski definition) is 4. The highest BCUT2D eigenvalue weighted by molar-refractivity contribution is 5.37.